The smallest absolute Gasteiger partial charge is 0.307 e. The molecule has 7 heteroatoms. The zero-order valence-corrected chi connectivity index (χ0v) is 17.5. The van der Waals surface area contributed by atoms with Gasteiger partial charge in [0.25, 0.3) is 5.91 Å². The number of hydrogen-bond donors (Lipinski definition) is 0. The molecule has 1 heterocycles. The van der Waals surface area contributed by atoms with Crippen molar-refractivity contribution in [2.45, 2.75) is 31.7 Å². The average molecular weight is 415 g/mol. The van der Waals surface area contributed by atoms with E-state index in [9.17, 15) is 9.59 Å². The summed E-state index contributed by atoms with van der Waals surface area (Å²) >= 11 is 2.93. The fraction of sp³-hybridized carbons (Fsp3) is 0.286. The number of amides is 1. The summed E-state index contributed by atoms with van der Waals surface area (Å²) < 4.78 is 7.97. The minimum atomic E-state index is -0.252. The van der Waals surface area contributed by atoms with Gasteiger partial charge in [0.2, 0.25) is 0 Å². The van der Waals surface area contributed by atoms with Crippen LogP contribution in [-0.2, 0) is 20.9 Å². The molecule has 1 aromatic heterocycles. The standard InChI is InChI=1S/C21H22N2O3S2/c1-3-26-20(25)12-13-23-17-6-4-5-7-18(17)28-21(23)22-19(24)14-27-16-10-8-15(2)9-11-16/h4-11H,3,12-14H2,1-2H3. The Morgan fingerprint density at radius 2 is 1.89 bits per heavy atom. The summed E-state index contributed by atoms with van der Waals surface area (Å²) in [6, 6.07) is 15.9. The molecule has 0 aliphatic carbocycles. The van der Waals surface area contributed by atoms with Crippen molar-refractivity contribution in [1.29, 1.82) is 0 Å². The molecule has 0 aliphatic rings. The maximum absolute atomic E-state index is 12.4. The van der Waals surface area contributed by atoms with Crippen LogP contribution in [0.1, 0.15) is 18.9 Å². The number of thiazole rings is 1. The summed E-state index contributed by atoms with van der Waals surface area (Å²) in [4.78, 5) is 30.2. The fourth-order valence-corrected chi connectivity index (χ4v) is 4.43. The highest BCUT2D eigenvalue weighted by Crippen LogP contribution is 2.19. The van der Waals surface area contributed by atoms with Crippen LogP contribution in [-0.4, -0.2) is 28.8 Å². The van der Waals surface area contributed by atoms with Crippen LogP contribution in [0, 0.1) is 6.92 Å². The molecule has 28 heavy (non-hydrogen) atoms. The molecule has 0 fully saturated rings. The van der Waals surface area contributed by atoms with Crippen molar-refractivity contribution in [2.75, 3.05) is 12.4 Å². The van der Waals surface area contributed by atoms with Crippen LogP contribution in [0.2, 0.25) is 0 Å². The Bertz CT molecular complexity index is 1040. The molecule has 2 aromatic carbocycles. The first-order valence-corrected chi connectivity index (χ1v) is 10.9. The Balaban J connectivity index is 1.79. The Morgan fingerprint density at radius 1 is 1.14 bits per heavy atom. The number of nitrogens with zero attached hydrogens (tertiary/aromatic N) is 2. The van der Waals surface area contributed by atoms with E-state index in [1.807, 2.05) is 60.0 Å². The summed E-state index contributed by atoms with van der Waals surface area (Å²) in [7, 11) is 0. The summed E-state index contributed by atoms with van der Waals surface area (Å²) in [5.74, 6) is -0.172. The van der Waals surface area contributed by atoms with Crippen LogP contribution in [0.5, 0.6) is 0 Å². The number of esters is 1. The normalized spacial score (nSPS) is 11.7. The number of para-hydroxylation sites is 1. The lowest BCUT2D eigenvalue weighted by atomic mass is 10.2. The molecule has 146 valence electrons. The lowest BCUT2D eigenvalue weighted by molar-refractivity contribution is -0.143. The van der Waals surface area contributed by atoms with Gasteiger partial charge in [0.15, 0.2) is 4.80 Å². The molecule has 0 saturated carbocycles. The number of carbonyl (C=O) groups excluding carboxylic acids is 2. The zero-order valence-electron chi connectivity index (χ0n) is 15.9. The zero-order chi connectivity index (χ0) is 19.9. The molecular weight excluding hydrogens is 392 g/mol. The van der Waals surface area contributed by atoms with Crippen molar-refractivity contribution in [3.63, 3.8) is 0 Å². The van der Waals surface area contributed by atoms with Gasteiger partial charge in [0.05, 0.1) is 29.0 Å². The molecule has 1 amide bonds. The Labute approximate surface area is 172 Å². The Morgan fingerprint density at radius 3 is 2.64 bits per heavy atom. The maximum atomic E-state index is 12.4. The van der Waals surface area contributed by atoms with Gasteiger partial charge in [-0.1, -0.05) is 41.2 Å². The van der Waals surface area contributed by atoms with E-state index in [-0.39, 0.29) is 24.1 Å². The largest absolute Gasteiger partial charge is 0.466 e. The predicted molar refractivity (Wildman–Crippen MR) is 114 cm³/mol. The van der Waals surface area contributed by atoms with E-state index in [1.54, 1.807) is 6.92 Å². The van der Waals surface area contributed by atoms with Gasteiger partial charge in [0.1, 0.15) is 0 Å². The second kappa shape index (κ2) is 9.71. The van der Waals surface area contributed by atoms with E-state index in [1.165, 1.54) is 28.7 Å². The van der Waals surface area contributed by atoms with Crippen molar-refractivity contribution in [3.8, 4) is 0 Å². The number of hydrogen-bond acceptors (Lipinski definition) is 5. The number of carbonyl (C=O) groups is 2. The Kier molecular flexibility index (Phi) is 7.06. The van der Waals surface area contributed by atoms with Crippen LogP contribution in [0.15, 0.2) is 58.4 Å². The molecule has 0 spiro atoms. The maximum Gasteiger partial charge on any atom is 0.307 e. The topological polar surface area (TPSA) is 60.7 Å². The molecule has 3 rings (SSSR count). The molecule has 0 bridgehead atoms. The van der Waals surface area contributed by atoms with Gasteiger partial charge in [-0.3, -0.25) is 9.59 Å². The third-order valence-electron chi connectivity index (χ3n) is 4.04. The highest BCUT2D eigenvalue weighted by Gasteiger charge is 2.10. The van der Waals surface area contributed by atoms with Gasteiger partial charge in [-0.25, -0.2) is 0 Å². The summed E-state index contributed by atoms with van der Waals surface area (Å²) in [6.45, 7) is 4.61. The molecule has 0 unspecified atom stereocenters. The van der Waals surface area contributed by atoms with Crippen LogP contribution in [0.25, 0.3) is 10.2 Å². The second-order valence-corrected chi connectivity index (χ2v) is 8.22. The third kappa shape index (κ3) is 5.33. The van der Waals surface area contributed by atoms with Crippen LogP contribution >= 0.6 is 23.1 Å². The van der Waals surface area contributed by atoms with Gasteiger partial charge >= 0.3 is 5.97 Å². The third-order valence-corrected chi connectivity index (χ3v) is 6.09. The number of aromatic nitrogens is 1. The molecule has 0 aliphatic heterocycles. The van der Waals surface area contributed by atoms with Gasteiger partial charge in [-0.15, -0.1) is 11.8 Å². The number of rotatable bonds is 7. The van der Waals surface area contributed by atoms with Crippen molar-refractivity contribution >= 4 is 45.2 Å². The van der Waals surface area contributed by atoms with Crippen LogP contribution in [0.3, 0.4) is 0 Å². The fourth-order valence-electron chi connectivity index (χ4n) is 2.68. The average Bonchev–Trinajstić information content (AvgIpc) is 3.03. The van der Waals surface area contributed by atoms with Crippen LogP contribution < -0.4 is 4.80 Å². The van der Waals surface area contributed by atoms with E-state index in [0.717, 1.165) is 15.1 Å². The van der Waals surface area contributed by atoms with Crippen molar-refractivity contribution in [1.82, 2.24) is 4.57 Å². The first-order chi connectivity index (χ1) is 13.6. The monoisotopic (exact) mass is 414 g/mol. The molecular formula is C21H22N2O3S2. The summed E-state index contributed by atoms with van der Waals surface area (Å²) in [5.41, 5.74) is 2.16. The predicted octanol–water partition coefficient (Wildman–Crippen LogP) is 4.18. The second-order valence-electron chi connectivity index (χ2n) is 6.17. The number of fused-ring (bicyclic) bond motifs is 1. The van der Waals surface area contributed by atoms with Crippen molar-refractivity contribution < 1.29 is 14.3 Å². The van der Waals surface area contributed by atoms with E-state index in [2.05, 4.69) is 4.99 Å². The molecule has 0 radical (unpaired) electrons. The van der Waals surface area contributed by atoms with E-state index >= 15 is 0 Å². The lowest BCUT2D eigenvalue weighted by Gasteiger charge is -2.05. The van der Waals surface area contributed by atoms with E-state index < -0.39 is 0 Å². The molecule has 0 saturated heterocycles. The number of aryl methyl sites for hydroxylation is 2. The van der Waals surface area contributed by atoms with Crippen molar-refractivity contribution in [3.05, 3.63) is 58.9 Å². The minimum Gasteiger partial charge on any atom is -0.466 e. The molecule has 3 aromatic rings. The first-order valence-electron chi connectivity index (χ1n) is 9.08. The van der Waals surface area contributed by atoms with Gasteiger partial charge in [-0.05, 0) is 38.1 Å². The van der Waals surface area contributed by atoms with Crippen molar-refractivity contribution in [2.24, 2.45) is 4.99 Å². The molecule has 0 N–H and O–H groups in total. The summed E-state index contributed by atoms with van der Waals surface area (Å²) in [5, 5.41) is 0. The number of thioether (sulfide) groups is 1. The highest BCUT2D eigenvalue weighted by molar-refractivity contribution is 8.00. The molecule has 5 nitrogen and oxygen atoms in total. The molecule has 0 atom stereocenters. The van der Waals surface area contributed by atoms with Gasteiger partial charge < -0.3 is 9.30 Å². The summed E-state index contributed by atoms with van der Waals surface area (Å²) in [6.07, 6.45) is 0.244. The van der Waals surface area contributed by atoms with Crippen LogP contribution in [0.4, 0.5) is 0 Å². The van der Waals surface area contributed by atoms with Gasteiger partial charge in [-0.2, -0.15) is 4.99 Å². The quantitative estimate of drug-likeness (QED) is 0.430. The van der Waals surface area contributed by atoms with E-state index in [0.29, 0.717) is 18.0 Å². The lowest BCUT2D eigenvalue weighted by Crippen LogP contribution is -2.20. The Hall–Kier alpha value is -2.38. The first kappa shape index (κ1) is 20.4. The SMILES string of the molecule is CCOC(=O)CCn1c(=NC(=O)CSc2ccc(C)cc2)sc2ccccc21. The number of ether oxygens (including phenoxy) is 1. The highest BCUT2D eigenvalue weighted by atomic mass is 32.2. The minimum absolute atomic E-state index is 0.193. The van der Waals surface area contributed by atoms with E-state index in [4.69, 9.17) is 4.74 Å². The number of benzene rings is 2. The van der Waals surface area contributed by atoms with Gasteiger partial charge in [0, 0.05) is 11.4 Å².